The molecule has 0 saturated heterocycles. The molecule has 1 rings (SSSR count). The van der Waals surface area contributed by atoms with Gasteiger partial charge in [0.1, 0.15) is 5.82 Å². The number of para-hydroxylation sites is 1. The maximum absolute atomic E-state index is 13.5. The lowest BCUT2D eigenvalue weighted by Crippen LogP contribution is -2.28. The predicted molar refractivity (Wildman–Crippen MR) is 63.6 cm³/mol. The molecular formula is C12H14F4N2O. The number of rotatable bonds is 5. The second-order valence-corrected chi connectivity index (χ2v) is 3.81. The van der Waals surface area contributed by atoms with Gasteiger partial charge in [-0.25, -0.2) is 4.39 Å². The first-order valence-electron chi connectivity index (χ1n) is 5.72. The van der Waals surface area contributed by atoms with Gasteiger partial charge in [0.25, 0.3) is 5.91 Å². The van der Waals surface area contributed by atoms with Gasteiger partial charge in [-0.3, -0.25) is 4.79 Å². The number of hydrogen-bond acceptors (Lipinski definition) is 2. The average Bonchev–Trinajstić information content (AvgIpc) is 2.30. The fraction of sp³-hybridized carbons (Fsp3) is 0.417. The monoisotopic (exact) mass is 278 g/mol. The molecule has 0 aliphatic heterocycles. The van der Waals surface area contributed by atoms with Crippen LogP contribution in [0.25, 0.3) is 0 Å². The van der Waals surface area contributed by atoms with Crippen LogP contribution in [0.4, 0.5) is 23.2 Å². The Morgan fingerprint density at radius 2 is 2.00 bits per heavy atom. The van der Waals surface area contributed by atoms with Gasteiger partial charge in [-0.1, -0.05) is 6.07 Å². The highest BCUT2D eigenvalue weighted by Crippen LogP contribution is 2.21. The summed E-state index contributed by atoms with van der Waals surface area (Å²) in [7, 11) is 0. The van der Waals surface area contributed by atoms with Crippen LogP contribution in [0, 0.1) is 5.82 Å². The summed E-state index contributed by atoms with van der Waals surface area (Å²) in [5, 5.41) is 4.79. The van der Waals surface area contributed by atoms with Crippen LogP contribution in [-0.2, 0) is 0 Å². The van der Waals surface area contributed by atoms with E-state index in [-0.39, 0.29) is 11.3 Å². The average molecular weight is 278 g/mol. The SMILES string of the molecule is CCNc1c(F)cccc1C(=O)NCCC(F)(F)F. The Labute approximate surface area is 108 Å². The fourth-order valence-electron chi connectivity index (χ4n) is 1.48. The summed E-state index contributed by atoms with van der Waals surface area (Å²) < 4.78 is 49.3. The van der Waals surface area contributed by atoms with Crippen LogP contribution < -0.4 is 10.6 Å². The molecule has 0 spiro atoms. The second-order valence-electron chi connectivity index (χ2n) is 3.81. The van der Waals surface area contributed by atoms with E-state index in [4.69, 9.17) is 0 Å². The number of halogens is 4. The number of nitrogens with one attached hydrogen (secondary N) is 2. The highest BCUT2D eigenvalue weighted by atomic mass is 19.4. The number of hydrogen-bond donors (Lipinski definition) is 2. The summed E-state index contributed by atoms with van der Waals surface area (Å²) in [6, 6.07) is 3.85. The zero-order valence-corrected chi connectivity index (χ0v) is 10.3. The van der Waals surface area contributed by atoms with E-state index in [0.717, 1.165) is 0 Å². The maximum atomic E-state index is 13.5. The van der Waals surface area contributed by atoms with Gasteiger partial charge < -0.3 is 10.6 Å². The van der Waals surface area contributed by atoms with Crippen molar-refractivity contribution in [1.29, 1.82) is 0 Å². The molecule has 1 aromatic carbocycles. The number of anilines is 1. The Morgan fingerprint density at radius 3 is 2.58 bits per heavy atom. The predicted octanol–water partition coefficient (Wildman–Crippen LogP) is 2.94. The minimum Gasteiger partial charge on any atom is -0.382 e. The molecule has 1 amide bonds. The molecule has 0 aromatic heterocycles. The zero-order valence-electron chi connectivity index (χ0n) is 10.3. The molecular weight excluding hydrogens is 264 g/mol. The van der Waals surface area contributed by atoms with Crippen LogP contribution in [-0.4, -0.2) is 25.2 Å². The van der Waals surface area contributed by atoms with E-state index in [2.05, 4.69) is 10.6 Å². The van der Waals surface area contributed by atoms with Gasteiger partial charge in [0.05, 0.1) is 17.7 Å². The lowest BCUT2D eigenvalue weighted by molar-refractivity contribution is -0.132. The van der Waals surface area contributed by atoms with Crippen molar-refractivity contribution in [2.75, 3.05) is 18.4 Å². The molecule has 1 aromatic rings. The van der Waals surface area contributed by atoms with Crippen molar-refractivity contribution < 1.29 is 22.4 Å². The van der Waals surface area contributed by atoms with Gasteiger partial charge in [0.15, 0.2) is 0 Å². The standard InChI is InChI=1S/C12H14F4N2O/c1-2-17-10-8(4-3-5-9(10)13)11(19)18-7-6-12(14,15)16/h3-5,17H,2,6-7H2,1H3,(H,18,19). The lowest BCUT2D eigenvalue weighted by Gasteiger charge is -2.12. The largest absolute Gasteiger partial charge is 0.390 e. The number of carbonyl (C=O) groups excluding carboxylic acids is 1. The molecule has 0 aliphatic rings. The van der Waals surface area contributed by atoms with Crippen LogP contribution in [0.5, 0.6) is 0 Å². The molecule has 0 bridgehead atoms. The number of benzene rings is 1. The Morgan fingerprint density at radius 1 is 1.32 bits per heavy atom. The van der Waals surface area contributed by atoms with Crippen LogP contribution in [0.15, 0.2) is 18.2 Å². The van der Waals surface area contributed by atoms with E-state index in [1.54, 1.807) is 6.92 Å². The fourth-order valence-corrected chi connectivity index (χ4v) is 1.48. The summed E-state index contributed by atoms with van der Waals surface area (Å²) in [6.07, 6.45) is -5.45. The molecule has 0 aliphatic carbocycles. The zero-order chi connectivity index (χ0) is 14.5. The van der Waals surface area contributed by atoms with Gasteiger partial charge in [-0.05, 0) is 19.1 Å². The minimum absolute atomic E-state index is 0.00508. The topological polar surface area (TPSA) is 41.1 Å². The van der Waals surface area contributed by atoms with Crippen molar-refractivity contribution in [3.63, 3.8) is 0 Å². The van der Waals surface area contributed by atoms with E-state index >= 15 is 0 Å². The highest BCUT2D eigenvalue weighted by molar-refractivity contribution is 5.99. The molecule has 0 heterocycles. The van der Waals surface area contributed by atoms with Crippen molar-refractivity contribution >= 4 is 11.6 Å². The minimum atomic E-state index is -4.33. The van der Waals surface area contributed by atoms with Crippen molar-refractivity contribution in [2.24, 2.45) is 0 Å². The summed E-state index contributed by atoms with van der Waals surface area (Å²) in [4.78, 5) is 11.7. The molecule has 19 heavy (non-hydrogen) atoms. The Kier molecular flexibility index (Phi) is 5.14. The molecule has 0 fully saturated rings. The van der Waals surface area contributed by atoms with Crippen LogP contribution in [0.1, 0.15) is 23.7 Å². The molecule has 106 valence electrons. The molecule has 0 atom stereocenters. The molecule has 0 radical (unpaired) electrons. The van der Waals surface area contributed by atoms with E-state index in [0.29, 0.717) is 6.54 Å². The van der Waals surface area contributed by atoms with Crippen LogP contribution >= 0.6 is 0 Å². The van der Waals surface area contributed by atoms with Crippen LogP contribution in [0.3, 0.4) is 0 Å². The van der Waals surface area contributed by atoms with Gasteiger partial charge in [-0.15, -0.1) is 0 Å². The van der Waals surface area contributed by atoms with Gasteiger partial charge in [0, 0.05) is 13.1 Å². The smallest absolute Gasteiger partial charge is 0.382 e. The molecule has 0 unspecified atom stereocenters. The van der Waals surface area contributed by atoms with Crippen molar-refractivity contribution in [1.82, 2.24) is 5.32 Å². The summed E-state index contributed by atoms with van der Waals surface area (Å²) in [6.45, 7) is 1.58. The van der Waals surface area contributed by atoms with E-state index < -0.39 is 30.9 Å². The normalized spacial score (nSPS) is 11.2. The second kappa shape index (κ2) is 6.40. The summed E-state index contributed by atoms with van der Waals surface area (Å²) in [5.41, 5.74) is -0.0152. The van der Waals surface area contributed by atoms with E-state index in [9.17, 15) is 22.4 Å². The third kappa shape index (κ3) is 4.76. The van der Waals surface area contributed by atoms with Crippen molar-refractivity contribution in [3.05, 3.63) is 29.6 Å². The lowest BCUT2D eigenvalue weighted by atomic mass is 10.1. The number of alkyl halides is 3. The Bertz CT molecular complexity index is 446. The van der Waals surface area contributed by atoms with Gasteiger partial charge >= 0.3 is 6.18 Å². The first-order valence-corrected chi connectivity index (χ1v) is 5.72. The van der Waals surface area contributed by atoms with E-state index in [1.807, 2.05) is 0 Å². The summed E-state index contributed by atoms with van der Waals surface area (Å²) >= 11 is 0. The summed E-state index contributed by atoms with van der Waals surface area (Å²) in [5.74, 6) is -1.36. The first-order chi connectivity index (χ1) is 8.85. The Balaban J connectivity index is 2.74. The molecule has 0 saturated carbocycles. The molecule has 2 N–H and O–H groups in total. The molecule has 3 nitrogen and oxygen atoms in total. The third-order valence-corrected chi connectivity index (χ3v) is 2.31. The van der Waals surface area contributed by atoms with Gasteiger partial charge in [-0.2, -0.15) is 13.2 Å². The van der Waals surface area contributed by atoms with E-state index in [1.165, 1.54) is 18.2 Å². The first kappa shape index (κ1) is 15.3. The molecule has 7 heteroatoms. The van der Waals surface area contributed by atoms with Crippen molar-refractivity contribution in [2.45, 2.75) is 19.5 Å². The number of amides is 1. The maximum Gasteiger partial charge on any atom is 0.390 e. The third-order valence-electron chi connectivity index (χ3n) is 2.31. The Hall–Kier alpha value is -1.79. The van der Waals surface area contributed by atoms with Crippen LogP contribution in [0.2, 0.25) is 0 Å². The quantitative estimate of drug-likeness (QED) is 0.813. The highest BCUT2D eigenvalue weighted by Gasteiger charge is 2.26. The number of carbonyl (C=O) groups is 1. The van der Waals surface area contributed by atoms with Crippen molar-refractivity contribution in [3.8, 4) is 0 Å². The van der Waals surface area contributed by atoms with Gasteiger partial charge in [0.2, 0.25) is 0 Å².